The molecule has 0 amide bonds. The predicted octanol–water partition coefficient (Wildman–Crippen LogP) is 7.24. The number of hydrogen-bond acceptors (Lipinski definition) is 4. The zero-order chi connectivity index (χ0) is 24.1. The molecule has 172 valence electrons. The van der Waals surface area contributed by atoms with Crippen LogP contribution in [-0.4, -0.2) is 18.5 Å². The third-order valence-electron chi connectivity index (χ3n) is 5.96. The fourth-order valence-corrected chi connectivity index (χ4v) is 3.54. The van der Waals surface area contributed by atoms with Gasteiger partial charge in [-0.25, -0.2) is 9.59 Å². The number of fused-ring (bicyclic) bond motifs is 1. The summed E-state index contributed by atoms with van der Waals surface area (Å²) in [6, 6.07) is 26.4. The monoisotopic (exact) mass is 452 g/mol. The molecular weight excluding hydrogens is 424 g/mol. The highest BCUT2D eigenvalue weighted by Crippen LogP contribution is 2.24. The molecule has 0 aliphatic carbocycles. The molecule has 0 N–H and O–H groups in total. The summed E-state index contributed by atoms with van der Waals surface area (Å²) < 4.78 is 11.0. The van der Waals surface area contributed by atoms with Crippen LogP contribution in [0.3, 0.4) is 0 Å². The van der Waals surface area contributed by atoms with Gasteiger partial charge in [-0.2, -0.15) is 0 Å². The second-order valence-electron chi connectivity index (χ2n) is 8.67. The Bertz CT molecular complexity index is 1300. The maximum atomic E-state index is 12.7. The van der Waals surface area contributed by atoms with E-state index in [0.717, 1.165) is 28.3 Å². The van der Waals surface area contributed by atoms with E-state index >= 15 is 0 Å². The summed E-state index contributed by atoms with van der Waals surface area (Å²) in [5, 5.41) is 1.75. The lowest BCUT2D eigenvalue weighted by atomic mass is 10.0. The molecule has 0 spiro atoms. The van der Waals surface area contributed by atoms with E-state index < -0.39 is 5.97 Å². The zero-order valence-corrected chi connectivity index (χ0v) is 19.7. The number of rotatable bonds is 7. The predicted molar refractivity (Wildman–Crippen MR) is 135 cm³/mol. The Kier molecular flexibility index (Phi) is 7.07. The van der Waals surface area contributed by atoms with Crippen LogP contribution in [0.4, 0.5) is 0 Å². The fourth-order valence-electron chi connectivity index (χ4n) is 3.54. The normalized spacial score (nSPS) is 11.7. The van der Waals surface area contributed by atoms with Crippen LogP contribution in [0.5, 0.6) is 5.75 Å². The molecule has 0 heterocycles. The quantitative estimate of drug-likeness (QED) is 0.219. The van der Waals surface area contributed by atoms with Crippen LogP contribution in [0, 0.1) is 12.8 Å². The molecule has 0 fully saturated rings. The lowest BCUT2D eigenvalue weighted by molar-refractivity contribution is 0.0447. The number of aryl methyl sites for hydroxylation is 1. The van der Waals surface area contributed by atoms with Crippen LogP contribution in [0.2, 0.25) is 0 Å². The Morgan fingerprint density at radius 3 is 2.00 bits per heavy atom. The lowest BCUT2D eigenvalue weighted by Crippen LogP contribution is -2.11. The molecule has 0 aromatic heterocycles. The van der Waals surface area contributed by atoms with Gasteiger partial charge in [-0.1, -0.05) is 74.4 Å². The van der Waals surface area contributed by atoms with E-state index in [2.05, 4.69) is 45.0 Å². The molecular formula is C30H28O4. The Hall–Kier alpha value is -3.92. The van der Waals surface area contributed by atoms with Crippen molar-refractivity contribution < 1.29 is 19.1 Å². The number of carbonyl (C=O) groups is 2. The average molecular weight is 453 g/mol. The molecule has 4 heteroatoms. The largest absolute Gasteiger partial charge is 0.462 e. The van der Waals surface area contributed by atoms with Gasteiger partial charge in [0.15, 0.2) is 0 Å². The van der Waals surface area contributed by atoms with Gasteiger partial charge in [-0.15, -0.1) is 0 Å². The first-order chi connectivity index (χ1) is 16.4. The molecule has 1 unspecified atom stereocenters. The summed E-state index contributed by atoms with van der Waals surface area (Å²) in [6.45, 7) is 6.58. The topological polar surface area (TPSA) is 52.6 Å². The van der Waals surface area contributed by atoms with Crippen molar-refractivity contribution in [3.05, 3.63) is 102 Å². The SMILES string of the molecule is CCC(C)COC(=O)c1ccc2cc(OC(=O)c3ccc(-c4ccc(C)cc4)cc3)ccc2c1. The van der Waals surface area contributed by atoms with E-state index in [1.54, 1.807) is 36.4 Å². The van der Waals surface area contributed by atoms with Gasteiger partial charge in [0.25, 0.3) is 0 Å². The summed E-state index contributed by atoms with van der Waals surface area (Å²) in [5.41, 5.74) is 4.34. The fraction of sp³-hybridized carbons (Fsp3) is 0.200. The standard InChI is InChI=1S/C30H28O4/c1-4-20(2)19-33-29(31)27-14-13-26-18-28(16-15-25(26)17-27)34-30(32)24-11-9-23(10-12-24)22-7-5-21(3)6-8-22/h5-18,20H,4,19H2,1-3H3. The summed E-state index contributed by atoms with van der Waals surface area (Å²) in [4.78, 5) is 25.0. The smallest absolute Gasteiger partial charge is 0.343 e. The van der Waals surface area contributed by atoms with Crippen molar-refractivity contribution in [2.24, 2.45) is 5.92 Å². The van der Waals surface area contributed by atoms with Crippen LogP contribution in [0.15, 0.2) is 84.9 Å². The molecule has 0 saturated carbocycles. The van der Waals surface area contributed by atoms with Crippen LogP contribution in [0.25, 0.3) is 21.9 Å². The highest BCUT2D eigenvalue weighted by molar-refractivity contribution is 5.96. The Labute approximate surface area is 200 Å². The number of carbonyl (C=O) groups excluding carboxylic acids is 2. The van der Waals surface area contributed by atoms with E-state index in [-0.39, 0.29) is 5.97 Å². The Balaban J connectivity index is 1.44. The van der Waals surface area contributed by atoms with Crippen LogP contribution >= 0.6 is 0 Å². The first-order valence-corrected chi connectivity index (χ1v) is 11.5. The van der Waals surface area contributed by atoms with Crippen molar-refractivity contribution in [1.29, 1.82) is 0 Å². The van der Waals surface area contributed by atoms with Gasteiger partial charge >= 0.3 is 11.9 Å². The van der Waals surface area contributed by atoms with Gasteiger partial charge in [0.1, 0.15) is 5.75 Å². The van der Waals surface area contributed by atoms with Crippen LogP contribution in [0.1, 0.15) is 46.5 Å². The molecule has 0 aliphatic rings. The number of esters is 2. The average Bonchev–Trinajstić information content (AvgIpc) is 2.87. The second-order valence-corrected chi connectivity index (χ2v) is 8.67. The van der Waals surface area contributed by atoms with Crippen molar-refractivity contribution in [2.45, 2.75) is 27.2 Å². The van der Waals surface area contributed by atoms with Gasteiger partial charge in [0.05, 0.1) is 17.7 Å². The molecule has 4 aromatic carbocycles. The van der Waals surface area contributed by atoms with E-state index in [4.69, 9.17) is 9.47 Å². The third kappa shape index (κ3) is 5.52. The molecule has 0 aliphatic heterocycles. The molecule has 0 radical (unpaired) electrons. The number of hydrogen-bond donors (Lipinski definition) is 0. The Morgan fingerprint density at radius 1 is 0.735 bits per heavy atom. The minimum absolute atomic E-state index is 0.327. The van der Waals surface area contributed by atoms with Crippen molar-refractivity contribution in [3.8, 4) is 16.9 Å². The second kappa shape index (κ2) is 10.3. The van der Waals surface area contributed by atoms with Gasteiger partial charge < -0.3 is 9.47 Å². The molecule has 4 rings (SSSR count). The summed E-state index contributed by atoms with van der Waals surface area (Å²) in [7, 11) is 0. The van der Waals surface area contributed by atoms with Crippen molar-refractivity contribution in [2.75, 3.05) is 6.61 Å². The summed E-state index contributed by atoms with van der Waals surface area (Å²) in [6.07, 6.45) is 0.962. The van der Waals surface area contributed by atoms with E-state index in [1.807, 2.05) is 24.3 Å². The van der Waals surface area contributed by atoms with Gasteiger partial charge in [0.2, 0.25) is 0 Å². The maximum Gasteiger partial charge on any atom is 0.343 e. The first-order valence-electron chi connectivity index (χ1n) is 11.5. The van der Waals surface area contributed by atoms with Crippen LogP contribution in [-0.2, 0) is 4.74 Å². The van der Waals surface area contributed by atoms with Crippen molar-refractivity contribution in [3.63, 3.8) is 0 Å². The van der Waals surface area contributed by atoms with Gasteiger partial charge in [-0.05, 0) is 71.1 Å². The number of benzene rings is 4. The van der Waals surface area contributed by atoms with Crippen LogP contribution < -0.4 is 4.74 Å². The zero-order valence-electron chi connectivity index (χ0n) is 19.7. The minimum Gasteiger partial charge on any atom is -0.462 e. The summed E-state index contributed by atoms with van der Waals surface area (Å²) >= 11 is 0. The molecule has 4 aromatic rings. The van der Waals surface area contributed by atoms with Crippen molar-refractivity contribution >= 4 is 22.7 Å². The molecule has 4 nitrogen and oxygen atoms in total. The lowest BCUT2D eigenvalue weighted by Gasteiger charge is -2.10. The number of ether oxygens (including phenoxy) is 2. The Morgan fingerprint density at radius 2 is 1.32 bits per heavy atom. The van der Waals surface area contributed by atoms with E-state index in [0.29, 0.717) is 29.4 Å². The minimum atomic E-state index is -0.417. The first kappa shape index (κ1) is 23.2. The third-order valence-corrected chi connectivity index (χ3v) is 5.96. The highest BCUT2D eigenvalue weighted by Gasteiger charge is 2.12. The molecule has 34 heavy (non-hydrogen) atoms. The van der Waals surface area contributed by atoms with E-state index in [9.17, 15) is 9.59 Å². The van der Waals surface area contributed by atoms with Crippen molar-refractivity contribution in [1.82, 2.24) is 0 Å². The highest BCUT2D eigenvalue weighted by atomic mass is 16.5. The molecule has 0 saturated heterocycles. The van der Waals surface area contributed by atoms with E-state index in [1.165, 1.54) is 5.56 Å². The van der Waals surface area contributed by atoms with Gasteiger partial charge in [-0.3, -0.25) is 0 Å². The molecule has 1 atom stereocenters. The molecule has 0 bridgehead atoms. The van der Waals surface area contributed by atoms with Gasteiger partial charge in [0, 0.05) is 0 Å². The summed E-state index contributed by atoms with van der Waals surface area (Å²) in [5.74, 6) is 0.0412. The maximum absolute atomic E-state index is 12.7.